The Morgan fingerprint density at radius 3 is 0.880 bits per heavy atom. The van der Waals surface area contributed by atoms with Crippen molar-refractivity contribution in [2.24, 2.45) is 0 Å². The molecule has 0 bridgehead atoms. The normalized spacial score (nSPS) is 22.4. The second kappa shape index (κ2) is 22.4. The summed E-state index contributed by atoms with van der Waals surface area (Å²) >= 11 is 0. The molecule has 0 aromatic heterocycles. The van der Waals surface area contributed by atoms with Crippen molar-refractivity contribution in [2.75, 3.05) is 52.4 Å². The summed E-state index contributed by atoms with van der Waals surface area (Å²) < 4.78 is 0. The van der Waals surface area contributed by atoms with Crippen LogP contribution in [0.5, 0.6) is 0 Å². The van der Waals surface area contributed by atoms with Gasteiger partial charge in [0.1, 0.15) is 0 Å². The Morgan fingerprint density at radius 1 is 0.400 bits per heavy atom. The maximum atomic E-state index is 4.18. The molecular formula is C20H38AgN4-3. The average Bonchev–Trinajstić information content (AvgIpc) is 2.75. The summed E-state index contributed by atoms with van der Waals surface area (Å²) in [6.45, 7) is 8.73. The summed E-state index contributed by atoms with van der Waals surface area (Å²) in [6, 6.07) is 0. The molecule has 25 heavy (non-hydrogen) atoms. The van der Waals surface area contributed by atoms with Crippen LogP contribution in [0, 0.1) is 0 Å². The molecule has 4 heterocycles. The van der Waals surface area contributed by atoms with E-state index in [4.69, 9.17) is 0 Å². The Bertz CT molecular complexity index is 191. The molecule has 0 saturated carbocycles. The quantitative estimate of drug-likeness (QED) is 0.329. The van der Waals surface area contributed by atoms with Crippen molar-refractivity contribution in [2.45, 2.75) is 64.2 Å². The molecule has 4 nitrogen and oxygen atoms in total. The second-order valence-electron chi connectivity index (χ2n) is 6.58. The maximum absolute atomic E-state index is 4.18. The first-order valence-corrected chi connectivity index (χ1v) is 10.2. The van der Waals surface area contributed by atoms with Gasteiger partial charge in [0.2, 0.25) is 0 Å². The summed E-state index contributed by atoms with van der Waals surface area (Å²) in [6.07, 6.45) is 17.6. The molecule has 152 valence electrons. The minimum Gasteiger partial charge on any atom is -0.662 e. The van der Waals surface area contributed by atoms with E-state index < -0.39 is 0 Å². The van der Waals surface area contributed by atoms with Gasteiger partial charge in [-0.2, -0.15) is 0 Å². The van der Waals surface area contributed by atoms with Crippen LogP contribution >= 0.6 is 0 Å². The number of nitrogens with zero attached hydrogens (tertiary/aromatic N) is 4. The van der Waals surface area contributed by atoms with Crippen LogP contribution in [-0.2, 0) is 22.4 Å². The van der Waals surface area contributed by atoms with Gasteiger partial charge in [-0.25, -0.2) is 0 Å². The van der Waals surface area contributed by atoms with E-state index in [1.807, 2.05) is 0 Å². The zero-order valence-electron chi connectivity index (χ0n) is 16.0. The van der Waals surface area contributed by atoms with Crippen molar-refractivity contribution in [3.63, 3.8) is 0 Å². The van der Waals surface area contributed by atoms with Gasteiger partial charge in [-0.15, -0.1) is 58.4 Å². The minimum atomic E-state index is 0. The first-order chi connectivity index (χ1) is 12.0. The Morgan fingerprint density at radius 2 is 0.800 bits per heavy atom. The van der Waals surface area contributed by atoms with E-state index in [0.717, 1.165) is 58.8 Å². The molecule has 0 amide bonds. The smallest absolute Gasteiger partial charge is 0.662 e. The third-order valence-corrected chi connectivity index (χ3v) is 4.25. The predicted molar refractivity (Wildman–Crippen MR) is 108 cm³/mol. The van der Waals surface area contributed by atoms with Crippen molar-refractivity contribution in [3.05, 3.63) is 33.4 Å². The van der Waals surface area contributed by atoms with E-state index in [1.54, 1.807) is 0 Å². The van der Waals surface area contributed by atoms with Crippen LogP contribution in [0.3, 0.4) is 0 Å². The SMILES string of the molecule is C1=CC[N-]CC1.C1CC[N-]CC1.C1CC[N-]CC1.C1CC[N-]CC1.[Ag+]. The van der Waals surface area contributed by atoms with Crippen molar-refractivity contribution in [3.8, 4) is 0 Å². The Kier molecular flexibility index (Phi) is 22.6. The standard InChI is InChI=1S/3C5H10N.C5H8N.Ag/c4*1-2-4-6-5-3-1;/h3*1-5H2;1-2H,3-5H2;/q4*-1;+1. The molecule has 3 saturated heterocycles. The van der Waals surface area contributed by atoms with E-state index in [9.17, 15) is 0 Å². The molecule has 0 spiro atoms. The largest absolute Gasteiger partial charge is 1.00 e. The summed E-state index contributed by atoms with van der Waals surface area (Å²) in [7, 11) is 0. The fourth-order valence-corrected chi connectivity index (χ4v) is 2.73. The van der Waals surface area contributed by atoms with E-state index in [-0.39, 0.29) is 22.4 Å². The van der Waals surface area contributed by atoms with Crippen molar-refractivity contribution < 1.29 is 22.4 Å². The number of piperidine rings is 3. The zero-order valence-corrected chi connectivity index (χ0v) is 17.5. The molecule has 0 N–H and O–H groups in total. The van der Waals surface area contributed by atoms with Gasteiger partial charge in [0.05, 0.1) is 0 Å². The first kappa shape index (κ1) is 25.3. The van der Waals surface area contributed by atoms with Crippen LogP contribution in [0.25, 0.3) is 21.3 Å². The van der Waals surface area contributed by atoms with Gasteiger partial charge >= 0.3 is 22.4 Å². The molecule has 0 atom stereocenters. The maximum Gasteiger partial charge on any atom is 1.00 e. The summed E-state index contributed by atoms with van der Waals surface area (Å²) in [5, 5.41) is 16.6. The molecule has 5 heteroatoms. The van der Waals surface area contributed by atoms with Gasteiger partial charge in [0, 0.05) is 0 Å². The van der Waals surface area contributed by atoms with Crippen LogP contribution in [0.1, 0.15) is 64.2 Å². The molecule has 4 rings (SSSR count). The fraction of sp³-hybridized carbons (Fsp3) is 0.900. The molecule has 0 aromatic rings. The third-order valence-electron chi connectivity index (χ3n) is 4.25. The number of hydrogen-bond donors (Lipinski definition) is 0. The van der Waals surface area contributed by atoms with E-state index in [1.165, 1.54) is 57.8 Å². The van der Waals surface area contributed by atoms with Crippen LogP contribution < -0.4 is 0 Å². The van der Waals surface area contributed by atoms with Gasteiger partial charge in [0.25, 0.3) is 0 Å². The minimum absolute atomic E-state index is 0. The van der Waals surface area contributed by atoms with Gasteiger partial charge < -0.3 is 21.3 Å². The molecule has 4 aliphatic rings. The topological polar surface area (TPSA) is 56.4 Å². The summed E-state index contributed by atoms with van der Waals surface area (Å²) in [5.74, 6) is 0. The zero-order chi connectivity index (χ0) is 17.0. The van der Waals surface area contributed by atoms with Gasteiger partial charge in [-0.3, -0.25) is 0 Å². The van der Waals surface area contributed by atoms with Crippen molar-refractivity contribution >= 4 is 0 Å². The first-order valence-electron chi connectivity index (χ1n) is 10.2. The van der Waals surface area contributed by atoms with Crippen molar-refractivity contribution in [1.82, 2.24) is 0 Å². The van der Waals surface area contributed by atoms with Crippen LogP contribution in [0.4, 0.5) is 0 Å². The third kappa shape index (κ3) is 20.5. The van der Waals surface area contributed by atoms with E-state index in [0.29, 0.717) is 0 Å². The van der Waals surface area contributed by atoms with Gasteiger partial charge in [0.15, 0.2) is 0 Å². The molecule has 4 aliphatic heterocycles. The molecule has 0 aliphatic carbocycles. The number of rotatable bonds is 0. The summed E-state index contributed by atoms with van der Waals surface area (Å²) in [5.41, 5.74) is 0. The average molecular weight is 442 g/mol. The molecular weight excluding hydrogens is 404 g/mol. The van der Waals surface area contributed by atoms with E-state index >= 15 is 0 Å². The van der Waals surface area contributed by atoms with E-state index in [2.05, 4.69) is 33.4 Å². The molecule has 0 unspecified atom stereocenters. The predicted octanol–water partition coefficient (Wildman–Crippen LogP) is 5.95. The number of hydrogen-bond acceptors (Lipinski definition) is 0. The summed E-state index contributed by atoms with van der Waals surface area (Å²) in [4.78, 5) is 0. The van der Waals surface area contributed by atoms with Gasteiger partial charge in [-0.05, 0) is 0 Å². The van der Waals surface area contributed by atoms with Crippen LogP contribution in [0.2, 0.25) is 0 Å². The monoisotopic (exact) mass is 441 g/mol. The Labute approximate surface area is 172 Å². The van der Waals surface area contributed by atoms with Crippen LogP contribution in [0.15, 0.2) is 12.2 Å². The molecule has 0 radical (unpaired) electrons. The Balaban J connectivity index is 0.000000303. The van der Waals surface area contributed by atoms with Gasteiger partial charge in [-0.1, -0.05) is 70.3 Å². The molecule has 3 fully saturated rings. The van der Waals surface area contributed by atoms with Crippen LogP contribution in [-0.4, -0.2) is 52.4 Å². The van der Waals surface area contributed by atoms with Crippen molar-refractivity contribution in [1.29, 1.82) is 0 Å². The fourth-order valence-electron chi connectivity index (χ4n) is 2.73. The Hall–Kier alpha value is 0.320. The molecule has 0 aromatic carbocycles. The second-order valence-corrected chi connectivity index (χ2v) is 6.58.